The van der Waals surface area contributed by atoms with Gasteiger partial charge in [-0.3, -0.25) is 4.90 Å². The maximum absolute atomic E-state index is 4.49. The minimum absolute atomic E-state index is 0.834. The zero-order chi connectivity index (χ0) is 13.8. The van der Waals surface area contributed by atoms with Crippen LogP contribution in [0.3, 0.4) is 0 Å². The summed E-state index contributed by atoms with van der Waals surface area (Å²) in [5.74, 6) is 0.894. The van der Waals surface area contributed by atoms with Crippen LogP contribution in [0, 0.1) is 0 Å². The van der Waals surface area contributed by atoms with E-state index < -0.39 is 0 Å². The zero-order valence-electron chi connectivity index (χ0n) is 11.2. The molecular formula is C15H17BrN4. The molecule has 2 aromatic rings. The summed E-state index contributed by atoms with van der Waals surface area (Å²) >= 11 is 3.49. The van der Waals surface area contributed by atoms with Crippen molar-refractivity contribution < 1.29 is 0 Å². The van der Waals surface area contributed by atoms with Crippen molar-refractivity contribution >= 4 is 15.9 Å². The van der Waals surface area contributed by atoms with Crippen LogP contribution in [0.15, 0.2) is 41.1 Å². The number of hydrogen-bond acceptors (Lipinski definition) is 4. The average Bonchev–Trinajstić information content (AvgIpc) is 2.49. The minimum atomic E-state index is 0.834. The second kappa shape index (κ2) is 6.43. The Morgan fingerprint density at radius 1 is 1.10 bits per heavy atom. The molecule has 0 saturated carbocycles. The van der Waals surface area contributed by atoms with Gasteiger partial charge in [-0.1, -0.05) is 28.1 Å². The Labute approximate surface area is 127 Å². The molecule has 3 rings (SSSR count). The molecule has 4 nitrogen and oxygen atoms in total. The van der Waals surface area contributed by atoms with Gasteiger partial charge in [-0.25, -0.2) is 9.97 Å². The van der Waals surface area contributed by atoms with Crippen LogP contribution >= 0.6 is 15.9 Å². The molecule has 1 aliphatic heterocycles. The molecule has 0 amide bonds. The molecule has 0 aliphatic carbocycles. The summed E-state index contributed by atoms with van der Waals surface area (Å²) in [6.45, 7) is 5.07. The van der Waals surface area contributed by atoms with Crippen molar-refractivity contribution in [2.45, 2.75) is 6.54 Å². The summed E-state index contributed by atoms with van der Waals surface area (Å²) in [5, 5.41) is 3.35. The highest BCUT2D eigenvalue weighted by atomic mass is 79.9. The first-order valence-corrected chi connectivity index (χ1v) is 7.60. The van der Waals surface area contributed by atoms with Crippen molar-refractivity contribution in [3.8, 4) is 11.1 Å². The van der Waals surface area contributed by atoms with E-state index in [1.54, 1.807) is 0 Å². The Morgan fingerprint density at radius 3 is 2.55 bits per heavy atom. The van der Waals surface area contributed by atoms with Gasteiger partial charge in [-0.05, 0) is 17.7 Å². The second-order valence-corrected chi connectivity index (χ2v) is 5.84. The Kier molecular flexibility index (Phi) is 4.40. The average molecular weight is 333 g/mol. The van der Waals surface area contributed by atoms with Crippen LogP contribution in [0.1, 0.15) is 5.82 Å². The van der Waals surface area contributed by atoms with Gasteiger partial charge in [-0.15, -0.1) is 0 Å². The lowest BCUT2D eigenvalue weighted by Crippen LogP contribution is -2.43. The van der Waals surface area contributed by atoms with Crippen molar-refractivity contribution in [3.05, 3.63) is 47.0 Å². The van der Waals surface area contributed by atoms with Gasteiger partial charge in [0.25, 0.3) is 0 Å². The van der Waals surface area contributed by atoms with Gasteiger partial charge in [-0.2, -0.15) is 0 Å². The van der Waals surface area contributed by atoms with E-state index >= 15 is 0 Å². The molecule has 0 unspecified atom stereocenters. The predicted octanol–water partition coefficient (Wildman–Crippen LogP) is 2.31. The lowest BCUT2D eigenvalue weighted by Gasteiger charge is -2.26. The number of halogens is 1. The molecule has 0 atom stereocenters. The number of benzene rings is 1. The van der Waals surface area contributed by atoms with E-state index in [9.17, 15) is 0 Å². The topological polar surface area (TPSA) is 41.1 Å². The maximum atomic E-state index is 4.49. The number of nitrogens with zero attached hydrogens (tertiary/aromatic N) is 3. The molecule has 104 valence electrons. The third-order valence-electron chi connectivity index (χ3n) is 3.44. The fourth-order valence-electron chi connectivity index (χ4n) is 2.32. The third-order valence-corrected chi connectivity index (χ3v) is 3.93. The summed E-state index contributed by atoms with van der Waals surface area (Å²) in [5.41, 5.74) is 2.18. The zero-order valence-corrected chi connectivity index (χ0v) is 12.8. The lowest BCUT2D eigenvalue weighted by atomic mass is 10.1. The number of nitrogens with one attached hydrogen (secondary N) is 1. The van der Waals surface area contributed by atoms with Gasteiger partial charge in [0.05, 0.1) is 6.54 Å². The first kappa shape index (κ1) is 13.7. The molecule has 1 N–H and O–H groups in total. The molecule has 1 saturated heterocycles. The quantitative estimate of drug-likeness (QED) is 0.936. The molecule has 20 heavy (non-hydrogen) atoms. The summed E-state index contributed by atoms with van der Waals surface area (Å²) in [7, 11) is 0. The van der Waals surface area contributed by atoms with Crippen molar-refractivity contribution in [1.29, 1.82) is 0 Å². The SMILES string of the molecule is Brc1cccc(-c2cnc(CN3CCNCC3)nc2)c1. The Balaban J connectivity index is 1.71. The van der Waals surface area contributed by atoms with Crippen molar-refractivity contribution in [1.82, 2.24) is 20.2 Å². The number of hydrogen-bond donors (Lipinski definition) is 1. The van der Waals surface area contributed by atoms with E-state index in [1.165, 1.54) is 0 Å². The number of piperazine rings is 1. The van der Waals surface area contributed by atoms with E-state index in [4.69, 9.17) is 0 Å². The molecule has 0 spiro atoms. The molecule has 0 radical (unpaired) electrons. The van der Waals surface area contributed by atoms with Crippen LogP contribution < -0.4 is 5.32 Å². The molecule has 0 bridgehead atoms. The highest BCUT2D eigenvalue weighted by Crippen LogP contribution is 2.21. The number of rotatable bonds is 3. The third kappa shape index (κ3) is 3.42. The molecule has 5 heteroatoms. The fourth-order valence-corrected chi connectivity index (χ4v) is 2.72. The molecule has 1 fully saturated rings. The monoisotopic (exact) mass is 332 g/mol. The van der Waals surface area contributed by atoms with Crippen molar-refractivity contribution in [3.63, 3.8) is 0 Å². The van der Waals surface area contributed by atoms with Gasteiger partial charge in [0, 0.05) is 48.6 Å². The summed E-state index contributed by atoms with van der Waals surface area (Å²) in [6, 6.07) is 8.19. The van der Waals surface area contributed by atoms with Crippen LogP contribution in [0.5, 0.6) is 0 Å². The van der Waals surface area contributed by atoms with E-state index in [1.807, 2.05) is 24.5 Å². The number of aromatic nitrogens is 2. The molecular weight excluding hydrogens is 316 g/mol. The molecule has 1 aromatic heterocycles. The van der Waals surface area contributed by atoms with Crippen LogP contribution in [0.4, 0.5) is 0 Å². The predicted molar refractivity (Wildman–Crippen MR) is 83.3 cm³/mol. The van der Waals surface area contributed by atoms with Crippen LogP contribution in [-0.4, -0.2) is 41.0 Å². The fraction of sp³-hybridized carbons (Fsp3) is 0.333. The lowest BCUT2D eigenvalue weighted by molar-refractivity contribution is 0.228. The van der Waals surface area contributed by atoms with E-state index in [0.29, 0.717) is 0 Å². The van der Waals surface area contributed by atoms with E-state index in [0.717, 1.165) is 54.1 Å². The first-order valence-electron chi connectivity index (χ1n) is 6.81. The smallest absolute Gasteiger partial charge is 0.142 e. The minimum Gasteiger partial charge on any atom is -0.314 e. The van der Waals surface area contributed by atoms with Gasteiger partial charge < -0.3 is 5.32 Å². The standard InChI is InChI=1S/C15H17BrN4/c16-14-3-1-2-12(8-14)13-9-18-15(19-10-13)11-20-6-4-17-5-7-20/h1-3,8-10,17H,4-7,11H2. The largest absolute Gasteiger partial charge is 0.314 e. The maximum Gasteiger partial charge on any atom is 0.142 e. The highest BCUT2D eigenvalue weighted by Gasteiger charge is 2.11. The van der Waals surface area contributed by atoms with Gasteiger partial charge in [0.15, 0.2) is 0 Å². The summed E-state index contributed by atoms with van der Waals surface area (Å²) in [4.78, 5) is 11.4. The van der Waals surface area contributed by atoms with Gasteiger partial charge >= 0.3 is 0 Å². The van der Waals surface area contributed by atoms with Crippen LogP contribution in [0.2, 0.25) is 0 Å². The van der Waals surface area contributed by atoms with Crippen molar-refractivity contribution in [2.24, 2.45) is 0 Å². The summed E-state index contributed by atoms with van der Waals surface area (Å²) < 4.78 is 1.07. The molecule has 1 aliphatic rings. The Hall–Kier alpha value is -1.30. The Morgan fingerprint density at radius 2 is 1.85 bits per heavy atom. The summed E-state index contributed by atoms with van der Waals surface area (Å²) in [6.07, 6.45) is 3.82. The highest BCUT2D eigenvalue weighted by molar-refractivity contribution is 9.10. The van der Waals surface area contributed by atoms with Gasteiger partial charge in [0.1, 0.15) is 5.82 Å². The van der Waals surface area contributed by atoms with E-state index in [2.05, 4.69) is 48.2 Å². The van der Waals surface area contributed by atoms with Gasteiger partial charge in [0.2, 0.25) is 0 Å². The van der Waals surface area contributed by atoms with Crippen LogP contribution in [0.25, 0.3) is 11.1 Å². The normalized spacial score (nSPS) is 16.2. The first-order chi connectivity index (χ1) is 9.81. The van der Waals surface area contributed by atoms with Crippen molar-refractivity contribution in [2.75, 3.05) is 26.2 Å². The van der Waals surface area contributed by atoms with E-state index in [-0.39, 0.29) is 0 Å². The van der Waals surface area contributed by atoms with Crippen LogP contribution in [-0.2, 0) is 6.54 Å². The Bertz CT molecular complexity index is 564. The molecule has 2 heterocycles. The second-order valence-electron chi connectivity index (χ2n) is 4.92. The molecule has 1 aromatic carbocycles.